The third-order valence-electron chi connectivity index (χ3n) is 5.34. The van der Waals surface area contributed by atoms with Gasteiger partial charge >= 0.3 is 0 Å². The SMILES string of the molecule is CC1(C)CC(=O)C2=C(C1)N(c1ccc(Br)cc1)C(N)=C(C#N)C2c1ccsc1. The van der Waals surface area contributed by atoms with Crippen molar-refractivity contribution < 1.29 is 4.79 Å². The third-order valence-corrected chi connectivity index (χ3v) is 6.57. The molecular formula is C22H20BrN3OS. The maximum atomic E-state index is 13.3. The lowest BCUT2D eigenvalue weighted by atomic mass is 9.69. The number of carbonyl (C=O) groups excluding carboxylic acids is 1. The van der Waals surface area contributed by atoms with E-state index >= 15 is 0 Å². The summed E-state index contributed by atoms with van der Waals surface area (Å²) in [6, 6.07) is 12.1. The summed E-state index contributed by atoms with van der Waals surface area (Å²) in [5, 5.41) is 13.9. The van der Waals surface area contributed by atoms with Crippen LogP contribution in [0.4, 0.5) is 5.69 Å². The molecule has 0 fully saturated rings. The zero-order chi connectivity index (χ0) is 20.1. The van der Waals surface area contributed by atoms with Crippen LogP contribution in [0.5, 0.6) is 0 Å². The van der Waals surface area contributed by atoms with Crippen LogP contribution in [0.25, 0.3) is 0 Å². The molecule has 2 N–H and O–H groups in total. The van der Waals surface area contributed by atoms with Gasteiger partial charge in [0.05, 0.1) is 17.6 Å². The van der Waals surface area contributed by atoms with Crippen LogP contribution in [0.3, 0.4) is 0 Å². The minimum atomic E-state index is -0.387. The number of nitrogens with zero attached hydrogens (tertiary/aromatic N) is 2. The third kappa shape index (κ3) is 3.09. The number of benzene rings is 1. The van der Waals surface area contributed by atoms with Crippen molar-refractivity contribution in [3.8, 4) is 6.07 Å². The van der Waals surface area contributed by atoms with Gasteiger partial charge in [0.1, 0.15) is 5.82 Å². The van der Waals surface area contributed by atoms with E-state index < -0.39 is 0 Å². The number of Topliss-reactive ketones (excluding diaryl/α,β-unsaturated/α-hetero) is 1. The maximum absolute atomic E-state index is 13.3. The van der Waals surface area contributed by atoms with Crippen molar-refractivity contribution in [2.45, 2.75) is 32.6 Å². The van der Waals surface area contributed by atoms with Gasteiger partial charge < -0.3 is 5.73 Å². The number of nitrogens with two attached hydrogens (primary N) is 1. The summed E-state index contributed by atoms with van der Waals surface area (Å²) in [5.74, 6) is 0.122. The van der Waals surface area contributed by atoms with Crippen molar-refractivity contribution in [2.24, 2.45) is 11.1 Å². The molecule has 1 aliphatic heterocycles. The van der Waals surface area contributed by atoms with Crippen LogP contribution >= 0.6 is 27.3 Å². The largest absolute Gasteiger partial charge is 0.384 e. The Labute approximate surface area is 177 Å². The normalized spacial score (nSPS) is 21.6. The maximum Gasteiger partial charge on any atom is 0.162 e. The molecular weight excluding hydrogens is 434 g/mol. The van der Waals surface area contributed by atoms with Crippen molar-refractivity contribution in [3.63, 3.8) is 0 Å². The molecule has 4 nitrogen and oxygen atoms in total. The molecule has 1 aliphatic carbocycles. The topological polar surface area (TPSA) is 70.1 Å². The van der Waals surface area contributed by atoms with E-state index in [1.54, 1.807) is 11.3 Å². The molecule has 4 rings (SSSR count). The van der Waals surface area contributed by atoms with E-state index in [2.05, 4.69) is 35.8 Å². The molecule has 0 saturated carbocycles. The number of hydrogen-bond donors (Lipinski definition) is 1. The van der Waals surface area contributed by atoms with Crippen molar-refractivity contribution in [3.05, 3.63) is 73.8 Å². The number of hydrogen-bond acceptors (Lipinski definition) is 5. The van der Waals surface area contributed by atoms with Crippen LogP contribution in [-0.2, 0) is 4.79 Å². The Morgan fingerprint density at radius 3 is 2.57 bits per heavy atom. The summed E-state index contributed by atoms with van der Waals surface area (Å²) in [6.45, 7) is 4.21. The fraction of sp³-hybridized carbons (Fsp3) is 0.273. The van der Waals surface area contributed by atoms with Crippen LogP contribution in [0.15, 0.2) is 68.2 Å². The number of thiophene rings is 1. The van der Waals surface area contributed by atoms with Crippen molar-refractivity contribution >= 4 is 38.7 Å². The van der Waals surface area contributed by atoms with E-state index in [9.17, 15) is 10.1 Å². The number of halogens is 1. The average Bonchev–Trinajstić information content (AvgIpc) is 3.15. The number of rotatable bonds is 2. The predicted molar refractivity (Wildman–Crippen MR) is 116 cm³/mol. The molecule has 2 heterocycles. The molecule has 0 bridgehead atoms. The molecule has 2 aliphatic rings. The molecule has 1 aromatic heterocycles. The molecule has 0 amide bonds. The lowest BCUT2D eigenvalue weighted by molar-refractivity contribution is -0.118. The van der Waals surface area contributed by atoms with Crippen LogP contribution in [-0.4, -0.2) is 5.78 Å². The smallest absolute Gasteiger partial charge is 0.162 e. The van der Waals surface area contributed by atoms with Gasteiger partial charge in [0.2, 0.25) is 0 Å². The summed E-state index contributed by atoms with van der Waals surface area (Å²) in [4.78, 5) is 15.2. The first-order chi connectivity index (χ1) is 13.3. The minimum Gasteiger partial charge on any atom is -0.384 e. The first kappa shape index (κ1) is 19.0. The Morgan fingerprint density at radius 2 is 1.96 bits per heavy atom. The molecule has 28 heavy (non-hydrogen) atoms. The summed E-state index contributed by atoms with van der Waals surface area (Å²) < 4.78 is 0.960. The molecule has 142 valence electrons. The van der Waals surface area contributed by atoms with Crippen molar-refractivity contribution in [2.75, 3.05) is 4.90 Å². The Bertz CT molecular complexity index is 1040. The standard InChI is InChI=1S/C22H20BrN3OS/c1-22(2)9-17-20(18(27)10-22)19(13-7-8-28-12-13)16(11-24)21(25)26(17)15-5-3-14(23)4-6-15/h3-8,12,19H,9-10,25H2,1-2H3. The van der Waals surface area contributed by atoms with E-state index in [1.165, 1.54) is 0 Å². The van der Waals surface area contributed by atoms with E-state index in [4.69, 9.17) is 5.73 Å². The van der Waals surface area contributed by atoms with Crippen LogP contribution in [0.1, 0.15) is 38.2 Å². The molecule has 0 saturated heterocycles. The van der Waals surface area contributed by atoms with E-state index in [0.29, 0.717) is 23.4 Å². The summed E-state index contributed by atoms with van der Waals surface area (Å²) >= 11 is 5.02. The van der Waals surface area contributed by atoms with Gasteiger partial charge in [-0.05, 0) is 58.5 Å². The fourth-order valence-corrected chi connectivity index (χ4v) is 5.12. The highest BCUT2D eigenvalue weighted by molar-refractivity contribution is 9.10. The Morgan fingerprint density at radius 1 is 1.25 bits per heavy atom. The van der Waals surface area contributed by atoms with Crippen LogP contribution in [0, 0.1) is 16.7 Å². The summed E-state index contributed by atoms with van der Waals surface area (Å²) in [6.07, 6.45) is 1.20. The van der Waals surface area contributed by atoms with Gasteiger partial charge in [-0.1, -0.05) is 29.8 Å². The Balaban J connectivity index is 1.99. The second-order valence-corrected chi connectivity index (χ2v) is 9.71. The molecule has 0 radical (unpaired) electrons. The number of carbonyl (C=O) groups is 1. The van der Waals surface area contributed by atoms with Gasteiger partial charge in [-0.15, -0.1) is 0 Å². The van der Waals surface area contributed by atoms with Crippen LogP contribution in [0.2, 0.25) is 0 Å². The minimum absolute atomic E-state index is 0.102. The van der Waals surface area contributed by atoms with Gasteiger partial charge in [-0.25, -0.2) is 0 Å². The van der Waals surface area contributed by atoms with Gasteiger partial charge in [0.25, 0.3) is 0 Å². The molecule has 2 aromatic rings. The quantitative estimate of drug-likeness (QED) is 0.655. The van der Waals surface area contributed by atoms with Crippen molar-refractivity contribution in [1.29, 1.82) is 5.26 Å². The number of nitriles is 1. The lowest BCUT2D eigenvalue weighted by Crippen LogP contribution is -2.42. The number of ketones is 1. The van der Waals surface area contributed by atoms with Crippen molar-refractivity contribution in [1.82, 2.24) is 0 Å². The molecule has 1 aromatic carbocycles. The van der Waals surface area contributed by atoms with Gasteiger partial charge in [0, 0.05) is 27.9 Å². The molecule has 6 heteroatoms. The van der Waals surface area contributed by atoms with E-state index in [1.807, 2.05) is 46.0 Å². The fourth-order valence-electron chi connectivity index (χ4n) is 4.17. The van der Waals surface area contributed by atoms with E-state index in [0.717, 1.165) is 27.8 Å². The molecule has 0 spiro atoms. The van der Waals surface area contributed by atoms with E-state index in [-0.39, 0.29) is 17.1 Å². The highest BCUT2D eigenvalue weighted by atomic mass is 79.9. The Hall–Kier alpha value is -2.36. The highest BCUT2D eigenvalue weighted by Crippen LogP contribution is 2.50. The highest BCUT2D eigenvalue weighted by Gasteiger charge is 2.44. The monoisotopic (exact) mass is 453 g/mol. The zero-order valence-corrected chi connectivity index (χ0v) is 18.1. The first-order valence-corrected chi connectivity index (χ1v) is 10.8. The second-order valence-electron chi connectivity index (χ2n) is 8.01. The Kier molecular flexibility index (Phi) is 4.68. The van der Waals surface area contributed by atoms with Gasteiger partial charge in [-0.3, -0.25) is 9.69 Å². The first-order valence-electron chi connectivity index (χ1n) is 9.06. The lowest BCUT2D eigenvalue weighted by Gasteiger charge is -2.43. The number of allylic oxidation sites excluding steroid dienone is 3. The summed E-state index contributed by atoms with van der Waals surface area (Å²) in [5.41, 5.74) is 10.3. The molecule has 1 atom stereocenters. The van der Waals surface area contributed by atoms with Gasteiger partial charge in [-0.2, -0.15) is 16.6 Å². The van der Waals surface area contributed by atoms with Gasteiger partial charge in [0.15, 0.2) is 5.78 Å². The zero-order valence-electron chi connectivity index (χ0n) is 15.7. The average molecular weight is 454 g/mol. The second kappa shape index (κ2) is 6.91. The summed E-state index contributed by atoms with van der Waals surface area (Å²) in [7, 11) is 0. The van der Waals surface area contributed by atoms with Crippen LogP contribution < -0.4 is 10.6 Å². The predicted octanol–water partition coefficient (Wildman–Crippen LogP) is 5.45. The molecule has 1 unspecified atom stereocenters. The number of anilines is 1.